The number of benzene rings is 1. The molecule has 0 saturated heterocycles. The van der Waals surface area contributed by atoms with Crippen LogP contribution in [-0.2, 0) is 16.0 Å². The van der Waals surface area contributed by atoms with E-state index in [2.05, 4.69) is 15.9 Å². The van der Waals surface area contributed by atoms with Crippen molar-refractivity contribution < 1.29 is 14.5 Å². The lowest BCUT2D eigenvalue weighted by Gasteiger charge is -2.07. The molecule has 0 aliphatic heterocycles. The highest BCUT2D eigenvalue weighted by atomic mass is 79.9. The van der Waals surface area contributed by atoms with Gasteiger partial charge in [-0.1, -0.05) is 15.9 Å². The highest BCUT2D eigenvalue weighted by Crippen LogP contribution is 2.27. The molecule has 0 heterocycles. The second-order valence-corrected chi connectivity index (χ2v) is 4.36. The van der Waals surface area contributed by atoms with Gasteiger partial charge in [-0.25, -0.2) is 0 Å². The van der Waals surface area contributed by atoms with Crippen LogP contribution in [0.2, 0.25) is 0 Å². The zero-order chi connectivity index (χ0) is 13.0. The Hall–Kier alpha value is -1.43. The number of nitro benzene ring substituents is 1. The summed E-state index contributed by atoms with van der Waals surface area (Å²) in [5.41, 5.74) is 1.09. The lowest BCUT2D eigenvalue weighted by atomic mass is 10.0. The number of esters is 1. The quantitative estimate of drug-likeness (QED) is 0.487. The Kier molecular flexibility index (Phi) is 4.62. The van der Waals surface area contributed by atoms with Crippen molar-refractivity contribution in [3.63, 3.8) is 0 Å². The number of carbonyl (C=O) groups is 1. The molecule has 0 amide bonds. The zero-order valence-corrected chi connectivity index (χ0v) is 11.1. The van der Waals surface area contributed by atoms with Crippen LogP contribution in [0, 0.1) is 17.0 Å². The Bertz CT molecular complexity index is 459. The fourth-order valence-electron chi connectivity index (χ4n) is 1.46. The molecule has 0 bridgehead atoms. The molecule has 0 unspecified atom stereocenters. The van der Waals surface area contributed by atoms with Crippen molar-refractivity contribution in [2.24, 2.45) is 0 Å². The van der Waals surface area contributed by atoms with Gasteiger partial charge in [0.25, 0.3) is 5.69 Å². The molecule has 0 atom stereocenters. The van der Waals surface area contributed by atoms with Gasteiger partial charge in [0.15, 0.2) is 0 Å². The number of nitrogens with zero attached hydrogens (tertiary/aromatic N) is 1. The third kappa shape index (κ3) is 3.52. The second-order valence-electron chi connectivity index (χ2n) is 3.45. The maximum absolute atomic E-state index is 11.3. The van der Waals surface area contributed by atoms with Crippen molar-refractivity contribution >= 4 is 27.6 Å². The average molecular weight is 302 g/mol. The summed E-state index contributed by atoms with van der Waals surface area (Å²) < 4.78 is 5.39. The summed E-state index contributed by atoms with van der Waals surface area (Å²) in [6, 6.07) is 3.11. The molecule has 17 heavy (non-hydrogen) atoms. The summed E-state index contributed by atoms with van der Waals surface area (Å²) in [5, 5.41) is 10.8. The third-order valence-electron chi connectivity index (χ3n) is 2.29. The molecule has 0 aliphatic carbocycles. The largest absolute Gasteiger partial charge is 0.466 e. The van der Waals surface area contributed by atoms with E-state index in [0.717, 1.165) is 0 Å². The summed E-state index contributed by atoms with van der Waals surface area (Å²) in [6.45, 7) is 3.64. The maximum Gasteiger partial charge on any atom is 0.310 e. The number of nitro groups is 1. The van der Waals surface area contributed by atoms with E-state index in [1.807, 2.05) is 0 Å². The number of carbonyl (C=O) groups excluding carboxylic acids is 1. The van der Waals surface area contributed by atoms with Crippen molar-refractivity contribution in [1.82, 2.24) is 0 Å². The smallest absolute Gasteiger partial charge is 0.310 e. The van der Waals surface area contributed by atoms with E-state index in [1.54, 1.807) is 19.9 Å². The molecule has 5 nitrogen and oxygen atoms in total. The van der Waals surface area contributed by atoms with Gasteiger partial charge < -0.3 is 4.74 Å². The lowest BCUT2D eigenvalue weighted by Crippen LogP contribution is -2.09. The highest BCUT2D eigenvalue weighted by Gasteiger charge is 2.17. The first-order valence-electron chi connectivity index (χ1n) is 5.04. The standard InChI is InChI=1S/C11H12BrNO4/c1-3-17-11(14)5-8-4-9(12)6-10(7(8)2)13(15)16/h4,6H,3,5H2,1-2H3. The van der Waals surface area contributed by atoms with Crippen LogP contribution in [0.25, 0.3) is 0 Å². The van der Waals surface area contributed by atoms with Crippen LogP contribution >= 0.6 is 15.9 Å². The van der Waals surface area contributed by atoms with Gasteiger partial charge >= 0.3 is 5.97 Å². The van der Waals surface area contributed by atoms with Gasteiger partial charge in [-0.05, 0) is 25.5 Å². The fourth-order valence-corrected chi connectivity index (χ4v) is 1.95. The summed E-state index contributed by atoms with van der Waals surface area (Å²) in [4.78, 5) is 21.7. The first-order chi connectivity index (χ1) is 7.95. The van der Waals surface area contributed by atoms with Gasteiger partial charge in [-0.2, -0.15) is 0 Å². The molecule has 1 rings (SSSR count). The van der Waals surface area contributed by atoms with E-state index in [4.69, 9.17) is 4.74 Å². The predicted molar refractivity (Wildman–Crippen MR) is 65.9 cm³/mol. The van der Waals surface area contributed by atoms with Gasteiger partial charge in [0, 0.05) is 16.1 Å². The number of hydrogen-bond acceptors (Lipinski definition) is 4. The van der Waals surface area contributed by atoms with E-state index in [9.17, 15) is 14.9 Å². The van der Waals surface area contributed by atoms with Crippen LogP contribution in [0.3, 0.4) is 0 Å². The van der Waals surface area contributed by atoms with Crippen molar-refractivity contribution in [1.29, 1.82) is 0 Å². The molecule has 1 aromatic carbocycles. The molecular weight excluding hydrogens is 290 g/mol. The predicted octanol–water partition coefficient (Wildman–Crippen LogP) is 2.77. The van der Waals surface area contributed by atoms with Crippen molar-refractivity contribution in [3.8, 4) is 0 Å². The molecule has 0 N–H and O–H groups in total. The molecule has 0 saturated carbocycles. The molecular formula is C11H12BrNO4. The third-order valence-corrected chi connectivity index (χ3v) is 2.75. The molecule has 6 heteroatoms. The van der Waals surface area contributed by atoms with E-state index < -0.39 is 4.92 Å². The van der Waals surface area contributed by atoms with E-state index in [0.29, 0.717) is 22.2 Å². The van der Waals surface area contributed by atoms with Crippen LogP contribution in [0.15, 0.2) is 16.6 Å². The molecule has 0 radical (unpaired) electrons. The molecule has 1 aromatic rings. The number of halogens is 1. The molecule has 92 valence electrons. The van der Waals surface area contributed by atoms with Crippen molar-refractivity contribution in [2.75, 3.05) is 6.61 Å². The Labute approximate surface area is 107 Å². The summed E-state index contributed by atoms with van der Waals surface area (Å²) >= 11 is 3.19. The number of ether oxygens (including phenoxy) is 1. The van der Waals surface area contributed by atoms with Crippen molar-refractivity contribution in [3.05, 3.63) is 37.8 Å². The summed E-state index contributed by atoms with van der Waals surface area (Å²) in [7, 11) is 0. The van der Waals surface area contributed by atoms with Gasteiger partial charge in [-0.3, -0.25) is 14.9 Å². The van der Waals surface area contributed by atoms with E-state index in [1.165, 1.54) is 6.07 Å². The van der Waals surface area contributed by atoms with Gasteiger partial charge in [0.2, 0.25) is 0 Å². The Morgan fingerprint density at radius 3 is 2.71 bits per heavy atom. The topological polar surface area (TPSA) is 69.4 Å². The van der Waals surface area contributed by atoms with Crippen molar-refractivity contribution in [2.45, 2.75) is 20.3 Å². The minimum Gasteiger partial charge on any atom is -0.466 e. The minimum atomic E-state index is -0.464. The molecule has 0 aliphatic rings. The average Bonchev–Trinajstić information content (AvgIpc) is 2.22. The molecule has 0 spiro atoms. The zero-order valence-electron chi connectivity index (χ0n) is 9.53. The van der Waals surface area contributed by atoms with E-state index >= 15 is 0 Å². The van der Waals surface area contributed by atoms with E-state index in [-0.39, 0.29) is 18.1 Å². The Morgan fingerprint density at radius 2 is 2.18 bits per heavy atom. The van der Waals surface area contributed by atoms with Crippen LogP contribution in [0.1, 0.15) is 18.1 Å². The Morgan fingerprint density at radius 1 is 1.53 bits per heavy atom. The minimum absolute atomic E-state index is 0.00123. The van der Waals surface area contributed by atoms with Crippen LogP contribution in [0.4, 0.5) is 5.69 Å². The van der Waals surface area contributed by atoms with Crippen LogP contribution < -0.4 is 0 Å². The molecule has 0 aromatic heterocycles. The first-order valence-corrected chi connectivity index (χ1v) is 5.84. The monoisotopic (exact) mass is 301 g/mol. The molecule has 0 fully saturated rings. The fraction of sp³-hybridized carbons (Fsp3) is 0.364. The van der Waals surface area contributed by atoms with Crippen LogP contribution in [0.5, 0.6) is 0 Å². The summed E-state index contributed by atoms with van der Waals surface area (Å²) in [6.07, 6.45) is 0.0416. The van der Waals surface area contributed by atoms with Gasteiger partial charge in [0.05, 0.1) is 18.0 Å². The lowest BCUT2D eigenvalue weighted by molar-refractivity contribution is -0.385. The van der Waals surface area contributed by atoms with Gasteiger partial charge in [-0.15, -0.1) is 0 Å². The second kappa shape index (κ2) is 5.77. The number of rotatable bonds is 4. The van der Waals surface area contributed by atoms with Crippen LogP contribution in [-0.4, -0.2) is 17.5 Å². The summed E-state index contributed by atoms with van der Waals surface area (Å²) in [5.74, 6) is -0.386. The first kappa shape index (κ1) is 13.6. The normalized spacial score (nSPS) is 10.1. The maximum atomic E-state index is 11.3. The Balaban J connectivity index is 3.07. The highest BCUT2D eigenvalue weighted by molar-refractivity contribution is 9.10. The SMILES string of the molecule is CCOC(=O)Cc1cc(Br)cc([N+](=O)[O-])c1C. The van der Waals surface area contributed by atoms with Gasteiger partial charge in [0.1, 0.15) is 0 Å². The number of hydrogen-bond donors (Lipinski definition) is 0.